The Hall–Kier alpha value is -1.71. The fourth-order valence-corrected chi connectivity index (χ4v) is 3.94. The van der Waals surface area contributed by atoms with E-state index in [0.717, 1.165) is 12.8 Å². The highest BCUT2D eigenvalue weighted by atomic mass is 16.5. The average molecular weight is 435 g/mol. The zero-order valence-electron chi connectivity index (χ0n) is 20.4. The third-order valence-corrected chi connectivity index (χ3v) is 5.86. The molecule has 0 unspecified atom stereocenters. The van der Waals surface area contributed by atoms with Gasteiger partial charge in [-0.3, -0.25) is 0 Å². The van der Waals surface area contributed by atoms with Crippen LogP contribution in [0.3, 0.4) is 0 Å². The Morgan fingerprint density at radius 1 is 0.645 bits per heavy atom. The van der Waals surface area contributed by atoms with E-state index in [1.54, 1.807) is 32.4 Å². The number of carbonyl (C=O) groups excluding carboxylic acids is 1. The lowest BCUT2D eigenvalue weighted by Gasteiger charge is -2.12. The summed E-state index contributed by atoms with van der Waals surface area (Å²) in [7, 11) is 3.09. The van der Waals surface area contributed by atoms with Crippen LogP contribution in [0.1, 0.15) is 120 Å². The van der Waals surface area contributed by atoms with Gasteiger partial charge in [0.05, 0.1) is 20.8 Å². The lowest BCUT2D eigenvalue weighted by Crippen LogP contribution is -2.10. The molecule has 0 fully saturated rings. The summed E-state index contributed by atoms with van der Waals surface area (Å²) in [5.74, 6) is 0.586. The lowest BCUT2D eigenvalue weighted by molar-refractivity contribution is 0.0490. The van der Waals surface area contributed by atoms with Crippen LogP contribution in [0.25, 0.3) is 0 Å². The SMILES string of the molecule is CCCCCCCCCCCCCCCCCCOC(=O)c1c(OC)cccc1OC. The predicted octanol–water partition coefficient (Wildman–Crippen LogP) is 8.12. The highest BCUT2D eigenvalue weighted by molar-refractivity contribution is 5.95. The molecule has 0 atom stereocenters. The molecule has 0 saturated heterocycles. The Bertz CT molecular complexity index is 548. The molecule has 1 aromatic rings. The first-order chi connectivity index (χ1) is 15.2. The number of methoxy groups -OCH3 is 2. The molecule has 0 heterocycles. The second kappa shape index (κ2) is 19.0. The summed E-state index contributed by atoms with van der Waals surface area (Å²) in [5.41, 5.74) is 0.365. The zero-order valence-corrected chi connectivity index (χ0v) is 20.4. The molecule has 0 saturated carbocycles. The van der Waals surface area contributed by atoms with E-state index in [1.807, 2.05) is 0 Å². The highest BCUT2D eigenvalue weighted by Gasteiger charge is 2.19. The molecule has 0 spiro atoms. The summed E-state index contributed by atoms with van der Waals surface area (Å²) in [5, 5.41) is 0. The van der Waals surface area contributed by atoms with Gasteiger partial charge in [0.1, 0.15) is 17.1 Å². The summed E-state index contributed by atoms with van der Waals surface area (Å²) in [6.45, 7) is 2.72. The van der Waals surface area contributed by atoms with Gasteiger partial charge in [0.25, 0.3) is 0 Å². The van der Waals surface area contributed by atoms with Gasteiger partial charge >= 0.3 is 5.97 Å². The molecule has 178 valence electrons. The number of esters is 1. The number of unbranched alkanes of at least 4 members (excludes halogenated alkanes) is 15. The summed E-state index contributed by atoms with van der Waals surface area (Å²) in [6.07, 6.45) is 21.3. The molecule has 31 heavy (non-hydrogen) atoms. The second-order valence-corrected chi connectivity index (χ2v) is 8.48. The maximum atomic E-state index is 12.4. The monoisotopic (exact) mass is 434 g/mol. The van der Waals surface area contributed by atoms with Crippen LogP contribution >= 0.6 is 0 Å². The molecule has 0 bridgehead atoms. The summed E-state index contributed by atoms with van der Waals surface area (Å²) in [6, 6.07) is 5.28. The van der Waals surface area contributed by atoms with Crippen molar-refractivity contribution in [1.82, 2.24) is 0 Å². The van der Waals surface area contributed by atoms with E-state index in [9.17, 15) is 4.79 Å². The third kappa shape index (κ3) is 12.7. The van der Waals surface area contributed by atoms with Gasteiger partial charge in [-0.05, 0) is 18.6 Å². The van der Waals surface area contributed by atoms with E-state index >= 15 is 0 Å². The van der Waals surface area contributed by atoms with E-state index < -0.39 is 0 Å². The average Bonchev–Trinajstić information content (AvgIpc) is 2.80. The van der Waals surface area contributed by atoms with Crippen molar-refractivity contribution in [2.24, 2.45) is 0 Å². The van der Waals surface area contributed by atoms with Gasteiger partial charge in [-0.15, -0.1) is 0 Å². The van der Waals surface area contributed by atoms with Crippen LogP contribution in [-0.2, 0) is 4.74 Å². The van der Waals surface area contributed by atoms with Crippen molar-refractivity contribution < 1.29 is 19.0 Å². The van der Waals surface area contributed by atoms with E-state index in [1.165, 1.54) is 89.9 Å². The van der Waals surface area contributed by atoms with Crippen LogP contribution in [0.5, 0.6) is 11.5 Å². The normalized spacial score (nSPS) is 10.8. The Kier molecular flexibility index (Phi) is 16.8. The molecule has 4 heteroatoms. The molecule has 1 aromatic carbocycles. The van der Waals surface area contributed by atoms with Crippen molar-refractivity contribution in [2.75, 3.05) is 20.8 Å². The van der Waals surface area contributed by atoms with E-state index in [2.05, 4.69) is 6.92 Å². The van der Waals surface area contributed by atoms with Gasteiger partial charge in [0.15, 0.2) is 0 Å². The summed E-state index contributed by atoms with van der Waals surface area (Å²) < 4.78 is 16.0. The maximum absolute atomic E-state index is 12.4. The number of ether oxygens (including phenoxy) is 3. The first kappa shape index (κ1) is 27.3. The molecular formula is C27H46O4. The van der Waals surface area contributed by atoms with Crippen molar-refractivity contribution in [3.8, 4) is 11.5 Å². The third-order valence-electron chi connectivity index (χ3n) is 5.86. The number of carbonyl (C=O) groups is 1. The van der Waals surface area contributed by atoms with Crippen LogP contribution in [0.2, 0.25) is 0 Å². The van der Waals surface area contributed by atoms with Gasteiger partial charge in [-0.1, -0.05) is 109 Å². The fraction of sp³-hybridized carbons (Fsp3) is 0.741. The second-order valence-electron chi connectivity index (χ2n) is 8.48. The zero-order chi connectivity index (χ0) is 22.6. The number of benzene rings is 1. The van der Waals surface area contributed by atoms with Crippen LogP contribution in [-0.4, -0.2) is 26.8 Å². The van der Waals surface area contributed by atoms with Crippen molar-refractivity contribution >= 4 is 5.97 Å². The number of hydrogen-bond donors (Lipinski definition) is 0. The smallest absolute Gasteiger partial charge is 0.345 e. The van der Waals surface area contributed by atoms with Crippen LogP contribution in [0.15, 0.2) is 18.2 Å². The van der Waals surface area contributed by atoms with Crippen molar-refractivity contribution in [3.63, 3.8) is 0 Å². The quantitative estimate of drug-likeness (QED) is 0.153. The van der Waals surface area contributed by atoms with Gasteiger partial charge in [-0.2, -0.15) is 0 Å². The molecule has 0 aliphatic heterocycles. The Balaban J connectivity index is 1.95. The van der Waals surface area contributed by atoms with Gasteiger partial charge in [0.2, 0.25) is 0 Å². The lowest BCUT2D eigenvalue weighted by atomic mass is 10.0. The minimum absolute atomic E-state index is 0.365. The molecule has 1 rings (SSSR count). The fourth-order valence-electron chi connectivity index (χ4n) is 3.94. The highest BCUT2D eigenvalue weighted by Crippen LogP contribution is 2.29. The van der Waals surface area contributed by atoms with Crippen molar-refractivity contribution in [3.05, 3.63) is 23.8 Å². The topological polar surface area (TPSA) is 44.8 Å². The Labute approximate surface area is 191 Å². The number of hydrogen-bond acceptors (Lipinski definition) is 4. The van der Waals surface area contributed by atoms with Crippen LogP contribution < -0.4 is 9.47 Å². The number of rotatable bonds is 20. The predicted molar refractivity (Wildman–Crippen MR) is 129 cm³/mol. The maximum Gasteiger partial charge on any atom is 0.345 e. The van der Waals surface area contributed by atoms with Gasteiger partial charge < -0.3 is 14.2 Å². The molecule has 0 aliphatic carbocycles. The van der Waals surface area contributed by atoms with Crippen molar-refractivity contribution in [2.45, 2.75) is 110 Å². The molecule has 0 amide bonds. The van der Waals surface area contributed by atoms with E-state index in [4.69, 9.17) is 14.2 Å². The van der Waals surface area contributed by atoms with Gasteiger partial charge in [-0.25, -0.2) is 4.79 Å². The van der Waals surface area contributed by atoms with Crippen molar-refractivity contribution in [1.29, 1.82) is 0 Å². The largest absolute Gasteiger partial charge is 0.496 e. The molecule has 4 nitrogen and oxygen atoms in total. The molecular weight excluding hydrogens is 388 g/mol. The van der Waals surface area contributed by atoms with Gasteiger partial charge in [0, 0.05) is 0 Å². The molecule has 0 radical (unpaired) electrons. The Morgan fingerprint density at radius 3 is 1.42 bits per heavy atom. The van der Waals surface area contributed by atoms with Crippen LogP contribution in [0, 0.1) is 0 Å². The minimum atomic E-state index is -0.379. The first-order valence-corrected chi connectivity index (χ1v) is 12.6. The Morgan fingerprint density at radius 2 is 1.03 bits per heavy atom. The van der Waals surface area contributed by atoms with E-state index in [-0.39, 0.29) is 5.97 Å². The summed E-state index contributed by atoms with van der Waals surface area (Å²) >= 11 is 0. The molecule has 0 N–H and O–H groups in total. The standard InChI is InChI=1S/C27H46O4/c1-4-5-6-7-8-9-10-11-12-13-14-15-16-17-18-19-23-31-27(28)26-24(29-2)21-20-22-25(26)30-3/h20-22H,4-19,23H2,1-3H3. The van der Waals surface area contributed by atoms with Crippen LogP contribution in [0.4, 0.5) is 0 Å². The molecule has 0 aliphatic rings. The minimum Gasteiger partial charge on any atom is -0.496 e. The van der Waals surface area contributed by atoms with E-state index in [0.29, 0.717) is 23.7 Å². The summed E-state index contributed by atoms with van der Waals surface area (Å²) in [4.78, 5) is 12.4. The first-order valence-electron chi connectivity index (χ1n) is 12.6. The molecule has 0 aromatic heterocycles.